The van der Waals surface area contributed by atoms with E-state index in [0.29, 0.717) is 5.92 Å². The molecule has 0 aromatic carbocycles. The van der Waals surface area contributed by atoms with E-state index in [1.807, 2.05) is 11.3 Å². The maximum atomic E-state index is 4.89. The van der Waals surface area contributed by atoms with Crippen LogP contribution in [0.2, 0.25) is 0 Å². The fourth-order valence-electron chi connectivity index (χ4n) is 3.10. The molecule has 0 spiro atoms. The van der Waals surface area contributed by atoms with Crippen LogP contribution in [0, 0.1) is 5.92 Å². The quantitative estimate of drug-likeness (QED) is 0.879. The average molecular weight is 252 g/mol. The summed E-state index contributed by atoms with van der Waals surface area (Å²) in [5.74, 6) is 1.29. The zero-order valence-electron chi connectivity index (χ0n) is 11.4. The number of nitrogens with zero attached hydrogens (tertiary/aromatic N) is 1. The molecule has 2 atom stereocenters. The standard InChI is InChI=1S/C14H24N2S/c1-5-11-7-6-8-14(11,15-4)13-16-12(9-17-13)10(2)3/h9-11,15H,5-8H2,1-4H3. The van der Waals surface area contributed by atoms with Crippen LogP contribution in [0.4, 0.5) is 0 Å². The van der Waals surface area contributed by atoms with Gasteiger partial charge in [0.1, 0.15) is 5.01 Å². The summed E-state index contributed by atoms with van der Waals surface area (Å²) in [6.07, 6.45) is 5.16. The molecule has 3 heteroatoms. The zero-order chi connectivity index (χ0) is 12.5. The SMILES string of the molecule is CCC1CCCC1(NC)c1nc(C(C)C)cs1. The van der Waals surface area contributed by atoms with Crippen molar-refractivity contribution < 1.29 is 0 Å². The second-order valence-electron chi connectivity index (χ2n) is 5.45. The van der Waals surface area contributed by atoms with Gasteiger partial charge >= 0.3 is 0 Å². The summed E-state index contributed by atoms with van der Waals surface area (Å²) in [6.45, 7) is 6.74. The summed E-state index contributed by atoms with van der Waals surface area (Å²) >= 11 is 1.84. The van der Waals surface area contributed by atoms with Gasteiger partial charge in [-0.05, 0) is 31.7 Å². The third-order valence-electron chi connectivity index (χ3n) is 4.25. The number of aromatic nitrogens is 1. The summed E-state index contributed by atoms with van der Waals surface area (Å²) in [6, 6.07) is 0. The van der Waals surface area contributed by atoms with Gasteiger partial charge in [0, 0.05) is 5.38 Å². The van der Waals surface area contributed by atoms with Crippen molar-refractivity contribution in [3.63, 3.8) is 0 Å². The topological polar surface area (TPSA) is 24.9 Å². The number of nitrogens with one attached hydrogen (secondary N) is 1. The van der Waals surface area contributed by atoms with Gasteiger partial charge in [-0.15, -0.1) is 11.3 Å². The molecule has 0 bridgehead atoms. The van der Waals surface area contributed by atoms with Crippen LogP contribution in [0.15, 0.2) is 5.38 Å². The highest BCUT2D eigenvalue weighted by Crippen LogP contribution is 2.46. The number of rotatable bonds is 4. The van der Waals surface area contributed by atoms with Gasteiger partial charge in [0.15, 0.2) is 0 Å². The maximum absolute atomic E-state index is 4.89. The van der Waals surface area contributed by atoms with E-state index < -0.39 is 0 Å². The van der Waals surface area contributed by atoms with Gasteiger partial charge in [0.25, 0.3) is 0 Å². The predicted molar refractivity (Wildman–Crippen MR) is 74.6 cm³/mol. The molecule has 96 valence electrons. The van der Waals surface area contributed by atoms with Crippen molar-refractivity contribution in [3.05, 3.63) is 16.1 Å². The molecule has 17 heavy (non-hydrogen) atoms. The Morgan fingerprint density at radius 1 is 1.59 bits per heavy atom. The fourth-order valence-corrected chi connectivity index (χ4v) is 4.40. The molecule has 0 aliphatic heterocycles. The van der Waals surface area contributed by atoms with E-state index in [9.17, 15) is 0 Å². The monoisotopic (exact) mass is 252 g/mol. The Hall–Kier alpha value is -0.410. The highest BCUT2D eigenvalue weighted by atomic mass is 32.1. The summed E-state index contributed by atoms with van der Waals surface area (Å²) < 4.78 is 0. The lowest BCUT2D eigenvalue weighted by atomic mass is 9.85. The molecule has 1 aromatic rings. The average Bonchev–Trinajstić information content (AvgIpc) is 2.95. The van der Waals surface area contributed by atoms with E-state index >= 15 is 0 Å². The summed E-state index contributed by atoms with van der Waals surface area (Å²) in [5, 5.41) is 7.15. The summed E-state index contributed by atoms with van der Waals surface area (Å²) in [5.41, 5.74) is 1.41. The van der Waals surface area contributed by atoms with Crippen molar-refractivity contribution in [2.45, 2.75) is 57.9 Å². The molecule has 2 rings (SSSR count). The predicted octanol–water partition coefficient (Wildman–Crippen LogP) is 3.89. The van der Waals surface area contributed by atoms with Crippen molar-refractivity contribution >= 4 is 11.3 Å². The van der Waals surface area contributed by atoms with Crippen LogP contribution in [0.5, 0.6) is 0 Å². The minimum absolute atomic E-state index is 0.159. The Kier molecular flexibility index (Phi) is 3.88. The third-order valence-corrected chi connectivity index (χ3v) is 5.29. The van der Waals surface area contributed by atoms with Crippen molar-refractivity contribution in [2.24, 2.45) is 5.92 Å². The van der Waals surface area contributed by atoms with Gasteiger partial charge in [-0.1, -0.05) is 33.6 Å². The second kappa shape index (κ2) is 5.07. The van der Waals surface area contributed by atoms with Crippen LogP contribution in [0.1, 0.15) is 63.1 Å². The normalized spacial score (nSPS) is 29.1. The molecule has 0 amide bonds. The molecule has 1 aromatic heterocycles. The highest BCUT2D eigenvalue weighted by Gasteiger charge is 2.44. The van der Waals surface area contributed by atoms with Gasteiger partial charge in [-0.3, -0.25) is 0 Å². The first-order valence-electron chi connectivity index (χ1n) is 6.78. The zero-order valence-corrected chi connectivity index (χ0v) is 12.2. The number of hydrogen-bond donors (Lipinski definition) is 1. The Bertz CT molecular complexity index is 372. The molecular weight excluding hydrogens is 228 g/mol. The van der Waals surface area contributed by atoms with Crippen LogP contribution in [-0.4, -0.2) is 12.0 Å². The van der Waals surface area contributed by atoms with Gasteiger partial charge in [0.2, 0.25) is 0 Å². The number of hydrogen-bond acceptors (Lipinski definition) is 3. The van der Waals surface area contributed by atoms with Gasteiger partial charge in [-0.25, -0.2) is 4.98 Å². The van der Waals surface area contributed by atoms with Crippen LogP contribution in [-0.2, 0) is 5.54 Å². The van der Waals surface area contributed by atoms with E-state index in [1.165, 1.54) is 36.4 Å². The lowest BCUT2D eigenvalue weighted by molar-refractivity contribution is 0.257. The molecular formula is C14H24N2S. The molecule has 2 nitrogen and oxygen atoms in total. The van der Waals surface area contributed by atoms with Gasteiger partial charge in [-0.2, -0.15) is 0 Å². The van der Waals surface area contributed by atoms with E-state index in [4.69, 9.17) is 4.98 Å². The molecule has 1 aliphatic carbocycles. The third kappa shape index (κ3) is 2.15. The Morgan fingerprint density at radius 3 is 2.88 bits per heavy atom. The first kappa shape index (κ1) is 13.0. The molecule has 1 heterocycles. The number of thiazole rings is 1. The van der Waals surface area contributed by atoms with Crippen LogP contribution < -0.4 is 5.32 Å². The van der Waals surface area contributed by atoms with Crippen molar-refractivity contribution in [3.8, 4) is 0 Å². The highest BCUT2D eigenvalue weighted by molar-refractivity contribution is 7.09. The van der Waals surface area contributed by atoms with Crippen molar-refractivity contribution in [1.29, 1.82) is 0 Å². The maximum Gasteiger partial charge on any atom is 0.113 e. The van der Waals surface area contributed by atoms with Crippen molar-refractivity contribution in [1.82, 2.24) is 10.3 Å². The second-order valence-corrected chi connectivity index (χ2v) is 6.31. The van der Waals surface area contributed by atoms with Crippen LogP contribution in [0.3, 0.4) is 0 Å². The van der Waals surface area contributed by atoms with E-state index in [0.717, 1.165) is 5.92 Å². The van der Waals surface area contributed by atoms with Gasteiger partial charge < -0.3 is 5.32 Å². The molecule has 1 saturated carbocycles. The summed E-state index contributed by atoms with van der Waals surface area (Å²) in [7, 11) is 2.10. The van der Waals surface area contributed by atoms with Crippen LogP contribution >= 0.6 is 11.3 Å². The minimum Gasteiger partial charge on any atom is -0.308 e. The summed E-state index contributed by atoms with van der Waals surface area (Å²) in [4.78, 5) is 4.89. The molecule has 0 saturated heterocycles. The largest absolute Gasteiger partial charge is 0.308 e. The molecule has 0 radical (unpaired) electrons. The first-order chi connectivity index (χ1) is 8.14. The van der Waals surface area contributed by atoms with E-state index in [2.05, 4.69) is 38.5 Å². The minimum atomic E-state index is 0.159. The Morgan fingerprint density at radius 2 is 2.35 bits per heavy atom. The molecule has 1 fully saturated rings. The Balaban J connectivity index is 2.33. The van der Waals surface area contributed by atoms with E-state index in [-0.39, 0.29) is 5.54 Å². The van der Waals surface area contributed by atoms with Crippen molar-refractivity contribution in [2.75, 3.05) is 7.05 Å². The Labute approximate surface area is 109 Å². The van der Waals surface area contributed by atoms with Gasteiger partial charge in [0.05, 0.1) is 11.2 Å². The lowest BCUT2D eigenvalue weighted by Gasteiger charge is -2.33. The lowest BCUT2D eigenvalue weighted by Crippen LogP contribution is -2.43. The molecule has 2 unspecified atom stereocenters. The van der Waals surface area contributed by atoms with E-state index in [1.54, 1.807) is 0 Å². The first-order valence-corrected chi connectivity index (χ1v) is 7.66. The smallest absolute Gasteiger partial charge is 0.113 e. The molecule has 1 aliphatic rings. The van der Waals surface area contributed by atoms with Crippen LogP contribution in [0.25, 0.3) is 0 Å². The fraction of sp³-hybridized carbons (Fsp3) is 0.786. The molecule has 1 N–H and O–H groups in total.